The van der Waals surface area contributed by atoms with Gasteiger partial charge >= 0.3 is 0 Å². The Balaban J connectivity index is 1.81. The summed E-state index contributed by atoms with van der Waals surface area (Å²) in [6.07, 6.45) is 5.19. The number of unbranched alkanes of at least 4 members (excludes halogenated alkanes) is 1. The monoisotopic (exact) mass is 366 g/mol. The van der Waals surface area contributed by atoms with Gasteiger partial charge < -0.3 is 15.5 Å². The number of likely N-dealkylation sites (tertiary alicyclic amines) is 1. The van der Waals surface area contributed by atoms with E-state index in [1.165, 1.54) is 31.5 Å². The van der Waals surface area contributed by atoms with Crippen LogP contribution in [-0.4, -0.2) is 49.6 Å². The molecular weight excluding hydrogens is 334 g/mol. The number of piperidine rings is 1. The van der Waals surface area contributed by atoms with Crippen molar-refractivity contribution in [2.45, 2.75) is 52.0 Å². The largest absolute Gasteiger partial charge is 0.357 e. The fraction of sp³-hybridized carbons (Fsp3) is 0.650. The summed E-state index contributed by atoms with van der Waals surface area (Å²) < 4.78 is 26.7. The van der Waals surface area contributed by atoms with Crippen LogP contribution in [0.5, 0.6) is 0 Å². The van der Waals surface area contributed by atoms with Crippen LogP contribution < -0.4 is 10.6 Å². The topological polar surface area (TPSA) is 39.7 Å². The van der Waals surface area contributed by atoms with Crippen molar-refractivity contribution in [3.05, 3.63) is 35.4 Å². The number of halogens is 2. The number of benzene rings is 1. The number of hydrogen-bond acceptors (Lipinski definition) is 2. The van der Waals surface area contributed by atoms with E-state index < -0.39 is 11.6 Å². The van der Waals surface area contributed by atoms with E-state index in [4.69, 9.17) is 0 Å². The van der Waals surface area contributed by atoms with Gasteiger partial charge in [0.15, 0.2) is 5.96 Å². The maximum Gasteiger partial charge on any atom is 0.191 e. The molecule has 1 aromatic carbocycles. The summed E-state index contributed by atoms with van der Waals surface area (Å²) in [6, 6.07) is 4.13. The van der Waals surface area contributed by atoms with Crippen LogP contribution >= 0.6 is 0 Å². The van der Waals surface area contributed by atoms with Crippen LogP contribution in [0, 0.1) is 11.6 Å². The van der Waals surface area contributed by atoms with Gasteiger partial charge in [-0.1, -0.05) is 19.4 Å². The molecule has 0 unspecified atom stereocenters. The van der Waals surface area contributed by atoms with Crippen molar-refractivity contribution in [2.75, 3.05) is 32.7 Å². The van der Waals surface area contributed by atoms with E-state index in [1.807, 2.05) is 6.92 Å². The van der Waals surface area contributed by atoms with E-state index in [9.17, 15) is 8.78 Å². The first-order chi connectivity index (χ1) is 12.6. The molecule has 0 atom stereocenters. The third-order valence-corrected chi connectivity index (χ3v) is 4.77. The molecule has 0 spiro atoms. The molecule has 2 rings (SSSR count). The molecule has 1 saturated heterocycles. The van der Waals surface area contributed by atoms with E-state index in [0.29, 0.717) is 24.6 Å². The molecule has 146 valence electrons. The normalized spacial score (nSPS) is 16.7. The fourth-order valence-electron chi connectivity index (χ4n) is 3.21. The molecule has 0 saturated carbocycles. The Labute approximate surface area is 156 Å². The van der Waals surface area contributed by atoms with Crippen LogP contribution in [0.1, 0.15) is 45.1 Å². The predicted molar refractivity (Wildman–Crippen MR) is 104 cm³/mol. The highest BCUT2D eigenvalue weighted by atomic mass is 19.1. The molecule has 1 heterocycles. The molecule has 6 heteroatoms. The van der Waals surface area contributed by atoms with E-state index in [2.05, 4.69) is 27.4 Å². The van der Waals surface area contributed by atoms with Crippen molar-refractivity contribution in [1.82, 2.24) is 15.5 Å². The molecule has 0 radical (unpaired) electrons. The summed E-state index contributed by atoms with van der Waals surface area (Å²) >= 11 is 0. The van der Waals surface area contributed by atoms with E-state index in [0.717, 1.165) is 44.5 Å². The number of nitrogens with one attached hydrogen (secondary N) is 2. The van der Waals surface area contributed by atoms with Crippen LogP contribution in [0.25, 0.3) is 0 Å². The highest BCUT2D eigenvalue weighted by Gasteiger charge is 2.19. The van der Waals surface area contributed by atoms with Crippen molar-refractivity contribution in [1.29, 1.82) is 0 Å². The zero-order valence-corrected chi connectivity index (χ0v) is 16.0. The molecule has 0 aliphatic carbocycles. The Kier molecular flexibility index (Phi) is 8.81. The molecular formula is C20H32F2N4. The second kappa shape index (κ2) is 11.1. The van der Waals surface area contributed by atoms with Crippen LogP contribution in [0.4, 0.5) is 8.78 Å². The summed E-state index contributed by atoms with van der Waals surface area (Å²) in [6.45, 7) is 8.95. The van der Waals surface area contributed by atoms with Gasteiger partial charge in [-0.25, -0.2) is 8.78 Å². The third-order valence-electron chi connectivity index (χ3n) is 4.77. The second-order valence-electron chi connectivity index (χ2n) is 6.86. The maximum absolute atomic E-state index is 13.7. The van der Waals surface area contributed by atoms with Gasteiger partial charge in [0, 0.05) is 38.3 Å². The van der Waals surface area contributed by atoms with Gasteiger partial charge in [-0.15, -0.1) is 0 Å². The van der Waals surface area contributed by atoms with Gasteiger partial charge in [0.1, 0.15) is 11.6 Å². The molecule has 0 aromatic heterocycles. The van der Waals surface area contributed by atoms with Crippen LogP contribution in [0.2, 0.25) is 0 Å². The molecule has 1 aliphatic heterocycles. The number of hydrogen-bond donors (Lipinski definition) is 2. The Bertz CT molecular complexity index is 569. The van der Waals surface area contributed by atoms with Crippen molar-refractivity contribution in [3.63, 3.8) is 0 Å². The first-order valence-electron chi connectivity index (χ1n) is 9.83. The molecule has 0 amide bonds. The summed E-state index contributed by atoms with van der Waals surface area (Å²) in [7, 11) is 0. The van der Waals surface area contributed by atoms with Crippen molar-refractivity contribution in [2.24, 2.45) is 4.99 Å². The Morgan fingerprint density at radius 3 is 2.65 bits per heavy atom. The van der Waals surface area contributed by atoms with Gasteiger partial charge in [-0.05, 0) is 50.8 Å². The average molecular weight is 367 g/mol. The first-order valence-corrected chi connectivity index (χ1v) is 9.83. The van der Waals surface area contributed by atoms with E-state index in [1.54, 1.807) is 0 Å². The Morgan fingerprint density at radius 2 is 2.00 bits per heavy atom. The standard InChI is InChI=1S/C20H32F2N4/c1-3-5-12-26-13-9-18(10-14-26)25-20(23-4-2)24-11-8-16-6-7-17(21)15-19(16)22/h6-7,15,18H,3-5,8-14H2,1-2H3,(H2,23,24,25). The van der Waals surface area contributed by atoms with Gasteiger partial charge in [0.2, 0.25) is 0 Å². The number of aliphatic imine (C=N–C) groups is 1. The predicted octanol–water partition coefficient (Wildman–Crippen LogP) is 3.33. The highest BCUT2D eigenvalue weighted by Crippen LogP contribution is 2.12. The van der Waals surface area contributed by atoms with Crippen LogP contribution in [0.15, 0.2) is 23.2 Å². The molecule has 4 nitrogen and oxygen atoms in total. The lowest BCUT2D eigenvalue weighted by molar-refractivity contribution is 0.203. The maximum atomic E-state index is 13.7. The SMILES string of the molecule is CCCCN1CCC(NC(=NCCc2ccc(F)cc2F)NCC)CC1. The molecule has 1 aromatic rings. The summed E-state index contributed by atoms with van der Waals surface area (Å²) in [5.41, 5.74) is 0.496. The van der Waals surface area contributed by atoms with Crippen LogP contribution in [-0.2, 0) is 6.42 Å². The van der Waals surface area contributed by atoms with Crippen LogP contribution in [0.3, 0.4) is 0 Å². The van der Waals surface area contributed by atoms with Gasteiger partial charge in [-0.2, -0.15) is 0 Å². The Hall–Kier alpha value is -1.69. The number of guanidine groups is 1. The average Bonchev–Trinajstić information content (AvgIpc) is 2.63. The zero-order valence-electron chi connectivity index (χ0n) is 16.0. The number of nitrogens with zero attached hydrogens (tertiary/aromatic N) is 2. The molecule has 26 heavy (non-hydrogen) atoms. The first kappa shape index (κ1) is 20.6. The van der Waals surface area contributed by atoms with Gasteiger partial charge in [0.25, 0.3) is 0 Å². The quantitative estimate of drug-likeness (QED) is 0.548. The van der Waals surface area contributed by atoms with E-state index >= 15 is 0 Å². The minimum atomic E-state index is -0.546. The van der Waals surface area contributed by atoms with Crippen molar-refractivity contribution < 1.29 is 8.78 Å². The highest BCUT2D eigenvalue weighted by molar-refractivity contribution is 5.80. The summed E-state index contributed by atoms with van der Waals surface area (Å²) in [5, 5.41) is 6.76. The van der Waals surface area contributed by atoms with Gasteiger partial charge in [-0.3, -0.25) is 4.99 Å². The smallest absolute Gasteiger partial charge is 0.191 e. The lowest BCUT2D eigenvalue weighted by atomic mass is 10.0. The minimum Gasteiger partial charge on any atom is -0.357 e. The fourth-order valence-corrected chi connectivity index (χ4v) is 3.21. The molecule has 0 bridgehead atoms. The third kappa shape index (κ3) is 6.90. The van der Waals surface area contributed by atoms with Crippen molar-refractivity contribution in [3.8, 4) is 0 Å². The lowest BCUT2D eigenvalue weighted by Gasteiger charge is -2.33. The zero-order chi connectivity index (χ0) is 18.8. The summed E-state index contributed by atoms with van der Waals surface area (Å²) in [4.78, 5) is 7.09. The second-order valence-corrected chi connectivity index (χ2v) is 6.86. The van der Waals surface area contributed by atoms with E-state index in [-0.39, 0.29) is 0 Å². The lowest BCUT2D eigenvalue weighted by Crippen LogP contribution is -2.48. The molecule has 1 aliphatic rings. The number of rotatable bonds is 8. The minimum absolute atomic E-state index is 0.424. The van der Waals surface area contributed by atoms with Crippen molar-refractivity contribution >= 4 is 5.96 Å². The molecule has 1 fully saturated rings. The van der Waals surface area contributed by atoms with Gasteiger partial charge in [0.05, 0.1) is 0 Å². The Morgan fingerprint density at radius 1 is 1.23 bits per heavy atom. The summed E-state index contributed by atoms with van der Waals surface area (Å²) in [5.74, 6) is -0.269. The molecule has 2 N–H and O–H groups in total.